The molecule has 1 saturated heterocycles. The Morgan fingerprint density at radius 2 is 1.80 bits per heavy atom. The molecule has 0 radical (unpaired) electrons. The van der Waals surface area contributed by atoms with Gasteiger partial charge in [0.05, 0.1) is 0 Å². The van der Waals surface area contributed by atoms with Crippen LogP contribution in [0.25, 0.3) is 0 Å². The van der Waals surface area contributed by atoms with Gasteiger partial charge in [0.25, 0.3) is 0 Å². The Bertz CT molecular complexity index is 322. The smallest absolute Gasteiger partial charge is 0.223 e. The van der Waals surface area contributed by atoms with Crippen LogP contribution >= 0.6 is 12.4 Å². The van der Waals surface area contributed by atoms with Crippen LogP contribution in [-0.2, 0) is 9.59 Å². The molecule has 20 heavy (non-hydrogen) atoms. The molecule has 0 aliphatic carbocycles. The molecule has 1 heterocycles. The fraction of sp³-hybridized carbons (Fsp3) is 0.857. The maximum absolute atomic E-state index is 12.2. The number of amides is 2. The van der Waals surface area contributed by atoms with E-state index in [1.165, 1.54) is 0 Å². The van der Waals surface area contributed by atoms with Gasteiger partial charge in [-0.1, -0.05) is 0 Å². The first kappa shape index (κ1) is 19.2. The van der Waals surface area contributed by atoms with Crippen LogP contribution < -0.4 is 5.32 Å². The highest BCUT2D eigenvalue weighted by Gasteiger charge is 2.28. The molecule has 1 aliphatic rings. The largest absolute Gasteiger partial charge is 0.343 e. The number of carbonyl (C=O) groups excluding carboxylic acids is 2. The van der Waals surface area contributed by atoms with E-state index in [1.54, 1.807) is 4.90 Å². The summed E-state index contributed by atoms with van der Waals surface area (Å²) < 4.78 is 0. The molecule has 0 bridgehead atoms. The van der Waals surface area contributed by atoms with Crippen molar-refractivity contribution in [2.75, 3.05) is 26.2 Å². The normalized spacial score (nSPS) is 22.1. The molecular weight excluding hydrogens is 278 g/mol. The molecule has 5 nitrogen and oxygen atoms in total. The fourth-order valence-electron chi connectivity index (χ4n) is 2.50. The van der Waals surface area contributed by atoms with E-state index in [0.29, 0.717) is 32.0 Å². The zero-order valence-electron chi connectivity index (χ0n) is 13.0. The minimum atomic E-state index is 0. The lowest BCUT2D eigenvalue weighted by Gasteiger charge is -2.38. The van der Waals surface area contributed by atoms with Crippen LogP contribution in [-0.4, -0.2) is 59.9 Å². The number of rotatable bonds is 5. The first-order valence-corrected chi connectivity index (χ1v) is 7.31. The maximum Gasteiger partial charge on any atom is 0.223 e. The first-order chi connectivity index (χ1) is 9.01. The summed E-state index contributed by atoms with van der Waals surface area (Å²) in [5, 5.41) is 3.35. The summed E-state index contributed by atoms with van der Waals surface area (Å²) in [6.07, 6.45) is 0.651. The lowest BCUT2D eigenvalue weighted by molar-refractivity contribution is -0.139. The molecule has 0 aromatic rings. The lowest BCUT2D eigenvalue weighted by atomic mass is 10.1. The minimum absolute atomic E-state index is 0. The van der Waals surface area contributed by atoms with Gasteiger partial charge in [-0.05, 0) is 27.7 Å². The summed E-state index contributed by atoms with van der Waals surface area (Å²) in [6, 6.07) is 0.515. The predicted molar refractivity (Wildman–Crippen MR) is 83.0 cm³/mol. The summed E-state index contributed by atoms with van der Waals surface area (Å²) in [4.78, 5) is 27.7. The van der Waals surface area contributed by atoms with Crippen LogP contribution in [0, 0.1) is 0 Å². The van der Waals surface area contributed by atoms with Crippen LogP contribution in [0.1, 0.15) is 40.5 Å². The second-order valence-corrected chi connectivity index (χ2v) is 5.14. The second kappa shape index (κ2) is 9.19. The molecule has 1 fully saturated rings. The van der Waals surface area contributed by atoms with Gasteiger partial charge in [-0.25, -0.2) is 0 Å². The molecule has 1 N–H and O–H groups in total. The van der Waals surface area contributed by atoms with Crippen LogP contribution in [0.4, 0.5) is 0 Å². The van der Waals surface area contributed by atoms with E-state index in [2.05, 4.69) is 19.2 Å². The van der Waals surface area contributed by atoms with Crippen molar-refractivity contribution in [1.29, 1.82) is 0 Å². The van der Waals surface area contributed by atoms with Crippen LogP contribution in [0.2, 0.25) is 0 Å². The molecule has 118 valence electrons. The summed E-state index contributed by atoms with van der Waals surface area (Å²) in [5.74, 6) is 0.176. The molecular formula is C14H28ClN3O2. The monoisotopic (exact) mass is 305 g/mol. The van der Waals surface area contributed by atoms with Gasteiger partial charge in [0, 0.05) is 51.1 Å². The standard InChI is InChI=1S/C14H27N3O2.ClH/c1-5-16(6-2)13(18)7-8-14(19)17-10-9-15-11(3)12(17)4;/h11-12,15H,5-10H2,1-4H3;1H. The Kier molecular flexibility index (Phi) is 8.81. The van der Waals surface area contributed by atoms with E-state index in [-0.39, 0.29) is 30.3 Å². The molecule has 0 spiro atoms. The van der Waals surface area contributed by atoms with E-state index in [9.17, 15) is 9.59 Å². The predicted octanol–water partition coefficient (Wildman–Crippen LogP) is 1.27. The van der Waals surface area contributed by atoms with Crippen molar-refractivity contribution in [3.8, 4) is 0 Å². The van der Waals surface area contributed by atoms with Crippen LogP contribution in [0.3, 0.4) is 0 Å². The SMILES string of the molecule is CCN(CC)C(=O)CCC(=O)N1CCNC(C)C1C.Cl. The number of carbonyl (C=O) groups is 2. The molecule has 0 aromatic carbocycles. The van der Waals surface area contributed by atoms with E-state index in [1.807, 2.05) is 18.7 Å². The van der Waals surface area contributed by atoms with Crippen molar-refractivity contribution in [3.05, 3.63) is 0 Å². The molecule has 2 atom stereocenters. The number of piperazine rings is 1. The van der Waals surface area contributed by atoms with Gasteiger partial charge in [0.1, 0.15) is 0 Å². The van der Waals surface area contributed by atoms with Crippen molar-refractivity contribution < 1.29 is 9.59 Å². The highest BCUT2D eigenvalue weighted by atomic mass is 35.5. The van der Waals surface area contributed by atoms with Gasteiger partial charge in [-0.15, -0.1) is 12.4 Å². The topological polar surface area (TPSA) is 52.7 Å². The van der Waals surface area contributed by atoms with Crippen LogP contribution in [0.5, 0.6) is 0 Å². The highest BCUT2D eigenvalue weighted by Crippen LogP contribution is 2.11. The molecule has 2 amide bonds. The van der Waals surface area contributed by atoms with Gasteiger partial charge >= 0.3 is 0 Å². The van der Waals surface area contributed by atoms with Crippen molar-refractivity contribution >= 4 is 24.2 Å². The van der Waals surface area contributed by atoms with Crippen molar-refractivity contribution in [3.63, 3.8) is 0 Å². The van der Waals surface area contributed by atoms with Gasteiger partial charge < -0.3 is 15.1 Å². The van der Waals surface area contributed by atoms with Gasteiger partial charge in [-0.3, -0.25) is 9.59 Å². The first-order valence-electron chi connectivity index (χ1n) is 7.31. The summed E-state index contributed by atoms with van der Waals surface area (Å²) in [7, 11) is 0. The van der Waals surface area contributed by atoms with E-state index in [4.69, 9.17) is 0 Å². The Hall–Kier alpha value is -0.810. The highest BCUT2D eigenvalue weighted by molar-refractivity contribution is 5.85. The van der Waals surface area contributed by atoms with Gasteiger partial charge in [0.15, 0.2) is 0 Å². The molecule has 0 saturated carbocycles. The van der Waals surface area contributed by atoms with E-state index < -0.39 is 0 Å². The number of nitrogens with one attached hydrogen (secondary N) is 1. The van der Waals surface area contributed by atoms with E-state index in [0.717, 1.165) is 13.1 Å². The third-order valence-electron chi connectivity index (χ3n) is 4.02. The quantitative estimate of drug-likeness (QED) is 0.832. The average Bonchev–Trinajstić information content (AvgIpc) is 2.40. The zero-order chi connectivity index (χ0) is 14.4. The molecule has 1 aliphatic heterocycles. The Labute approximate surface area is 128 Å². The van der Waals surface area contributed by atoms with Gasteiger partial charge in [0.2, 0.25) is 11.8 Å². The Morgan fingerprint density at radius 1 is 1.20 bits per heavy atom. The molecule has 0 aromatic heterocycles. The summed E-state index contributed by atoms with van der Waals surface area (Å²) in [6.45, 7) is 11.1. The Balaban J connectivity index is 0.00000361. The van der Waals surface area contributed by atoms with Crippen molar-refractivity contribution in [1.82, 2.24) is 15.1 Å². The van der Waals surface area contributed by atoms with Crippen molar-refractivity contribution in [2.45, 2.75) is 52.6 Å². The second-order valence-electron chi connectivity index (χ2n) is 5.14. The minimum Gasteiger partial charge on any atom is -0.343 e. The lowest BCUT2D eigenvalue weighted by Crippen LogP contribution is -2.57. The number of nitrogens with zero attached hydrogens (tertiary/aromatic N) is 2. The van der Waals surface area contributed by atoms with E-state index >= 15 is 0 Å². The maximum atomic E-state index is 12.2. The number of halogens is 1. The zero-order valence-corrected chi connectivity index (χ0v) is 13.8. The molecule has 6 heteroatoms. The number of hydrogen-bond acceptors (Lipinski definition) is 3. The summed E-state index contributed by atoms with van der Waals surface area (Å²) in [5.41, 5.74) is 0. The summed E-state index contributed by atoms with van der Waals surface area (Å²) >= 11 is 0. The number of hydrogen-bond donors (Lipinski definition) is 1. The fourth-order valence-corrected chi connectivity index (χ4v) is 2.50. The molecule has 1 rings (SSSR count). The third kappa shape index (κ3) is 4.94. The van der Waals surface area contributed by atoms with Crippen molar-refractivity contribution in [2.24, 2.45) is 0 Å². The molecule has 2 unspecified atom stereocenters. The Morgan fingerprint density at radius 3 is 2.35 bits per heavy atom. The average molecular weight is 306 g/mol. The van der Waals surface area contributed by atoms with Crippen LogP contribution in [0.15, 0.2) is 0 Å². The van der Waals surface area contributed by atoms with Gasteiger partial charge in [-0.2, -0.15) is 0 Å². The third-order valence-corrected chi connectivity index (χ3v) is 4.02.